The summed E-state index contributed by atoms with van der Waals surface area (Å²) in [7, 11) is 0. The van der Waals surface area contributed by atoms with Crippen molar-refractivity contribution in [1.82, 2.24) is 10.2 Å². The van der Waals surface area contributed by atoms with E-state index < -0.39 is 0 Å². The van der Waals surface area contributed by atoms with E-state index in [9.17, 15) is 0 Å². The van der Waals surface area contributed by atoms with Crippen molar-refractivity contribution in [2.45, 2.75) is 26.3 Å². The normalized spacial score (nSPS) is 20.9. The van der Waals surface area contributed by atoms with Crippen LogP contribution in [0, 0.1) is 5.92 Å². The van der Waals surface area contributed by atoms with Crippen molar-refractivity contribution >= 4 is 0 Å². The fourth-order valence-corrected chi connectivity index (χ4v) is 2.62. The standard InChI is InChI=1S/C15H24N2/c1-2-16-10-8-15-9-11-17(13-15)12-14-6-4-3-5-7-14/h3-7,15-16H,2,8-13H2,1H3. The summed E-state index contributed by atoms with van der Waals surface area (Å²) in [6.45, 7) is 8.13. The van der Waals surface area contributed by atoms with Crippen molar-refractivity contribution in [3.63, 3.8) is 0 Å². The van der Waals surface area contributed by atoms with Crippen LogP contribution in [0.3, 0.4) is 0 Å². The Morgan fingerprint density at radius 1 is 1.29 bits per heavy atom. The lowest BCUT2D eigenvalue weighted by Gasteiger charge is -2.16. The van der Waals surface area contributed by atoms with Crippen molar-refractivity contribution in [3.05, 3.63) is 35.9 Å². The first-order chi connectivity index (χ1) is 8.38. The first kappa shape index (κ1) is 12.6. The molecular weight excluding hydrogens is 208 g/mol. The second-order valence-corrected chi connectivity index (χ2v) is 5.02. The van der Waals surface area contributed by atoms with Crippen LogP contribution in [0.5, 0.6) is 0 Å². The Morgan fingerprint density at radius 3 is 2.88 bits per heavy atom. The monoisotopic (exact) mass is 232 g/mol. The molecule has 0 aliphatic carbocycles. The van der Waals surface area contributed by atoms with Crippen LogP contribution in [0.15, 0.2) is 30.3 Å². The average Bonchev–Trinajstić information content (AvgIpc) is 2.79. The predicted octanol–water partition coefficient (Wildman–Crippen LogP) is 2.51. The minimum absolute atomic E-state index is 0.901. The van der Waals surface area contributed by atoms with Gasteiger partial charge >= 0.3 is 0 Å². The Labute approximate surface area is 105 Å². The molecule has 1 saturated heterocycles. The minimum Gasteiger partial charge on any atom is -0.317 e. The lowest BCUT2D eigenvalue weighted by Crippen LogP contribution is -2.22. The molecule has 0 aromatic heterocycles. The Kier molecular flexibility index (Phi) is 5.02. The highest BCUT2D eigenvalue weighted by Crippen LogP contribution is 2.20. The summed E-state index contributed by atoms with van der Waals surface area (Å²) >= 11 is 0. The molecule has 17 heavy (non-hydrogen) atoms. The van der Waals surface area contributed by atoms with Gasteiger partial charge in [-0.15, -0.1) is 0 Å². The van der Waals surface area contributed by atoms with Crippen LogP contribution in [0.25, 0.3) is 0 Å². The van der Waals surface area contributed by atoms with Crippen LogP contribution in [-0.4, -0.2) is 31.1 Å². The lowest BCUT2D eigenvalue weighted by molar-refractivity contribution is 0.312. The van der Waals surface area contributed by atoms with Gasteiger partial charge in [0, 0.05) is 13.1 Å². The van der Waals surface area contributed by atoms with Crippen molar-refractivity contribution in [2.75, 3.05) is 26.2 Å². The van der Waals surface area contributed by atoms with Crippen molar-refractivity contribution in [1.29, 1.82) is 0 Å². The number of nitrogens with one attached hydrogen (secondary N) is 1. The largest absolute Gasteiger partial charge is 0.317 e. The highest BCUT2D eigenvalue weighted by Gasteiger charge is 2.21. The van der Waals surface area contributed by atoms with Gasteiger partial charge in [-0.3, -0.25) is 4.90 Å². The minimum atomic E-state index is 0.901. The zero-order chi connectivity index (χ0) is 11.9. The fourth-order valence-electron chi connectivity index (χ4n) is 2.62. The number of hydrogen-bond acceptors (Lipinski definition) is 2. The summed E-state index contributed by atoms with van der Waals surface area (Å²) in [5.74, 6) is 0.901. The van der Waals surface area contributed by atoms with Crippen molar-refractivity contribution in [3.8, 4) is 0 Å². The van der Waals surface area contributed by atoms with Gasteiger partial charge < -0.3 is 5.32 Å². The van der Waals surface area contributed by atoms with E-state index in [0.29, 0.717) is 0 Å². The van der Waals surface area contributed by atoms with E-state index in [0.717, 1.165) is 19.0 Å². The van der Waals surface area contributed by atoms with E-state index in [1.807, 2.05) is 0 Å². The van der Waals surface area contributed by atoms with Gasteiger partial charge in [0.25, 0.3) is 0 Å². The summed E-state index contributed by atoms with van der Waals surface area (Å²) in [6.07, 6.45) is 2.71. The van der Waals surface area contributed by atoms with Crippen molar-refractivity contribution in [2.24, 2.45) is 5.92 Å². The molecule has 1 unspecified atom stereocenters. The molecule has 1 aromatic rings. The fraction of sp³-hybridized carbons (Fsp3) is 0.600. The third kappa shape index (κ3) is 4.14. The molecule has 0 spiro atoms. The Balaban J connectivity index is 1.71. The van der Waals surface area contributed by atoms with Gasteiger partial charge in [-0.1, -0.05) is 37.3 Å². The van der Waals surface area contributed by atoms with E-state index in [2.05, 4.69) is 47.5 Å². The van der Waals surface area contributed by atoms with E-state index in [1.165, 1.54) is 38.0 Å². The first-order valence-corrected chi connectivity index (χ1v) is 6.85. The Morgan fingerprint density at radius 2 is 2.12 bits per heavy atom. The van der Waals surface area contributed by atoms with Crippen LogP contribution in [0.1, 0.15) is 25.3 Å². The lowest BCUT2D eigenvalue weighted by atomic mass is 10.1. The molecule has 1 atom stereocenters. The Hall–Kier alpha value is -0.860. The average molecular weight is 232 g/mol. The first-order valence-electron chi connectivity index (χ1n) is 6.85. The number of hydrogen-bond donors (Lipinski definition) is 1. The second kappa shape index (κ2) is 6.77. The molecule has 2 rings (SSSR count). The van der Waals surface area contributed by atoms with Gasteiger partial charge in [0.05, 0.1) is 0 Å². The van der Waals surface area contributed by atoms with Gasteiger partial charge in [-0.05, 0) is 44.0 Å². The van der Waals surface area contributed by atoms with Crippen LogP contribution >= 0.6 is 0 Å². The third-order valence-electron chi connectivity index (χ3n) is 3.60. The quantitative estimate of drug-likeness (QED) is 0.758. The van der Waals surface area contributed by atoms with Gasteiger partial charge in [0.15, 0.2) is 0 Å². The van der Waals surface area contributed by atoms with Gasteiger partial charge in [0.1, 0.15) is 0 Å². The molecule has 0 amide bonds. The molecule has 0 radical (unpaired) electrons. The van der Waals surface area contributed by atoms with Crippen molar-refractivity contribution < 1.29 is 0 Å². The van der Waals surface area contributed by atoms with Gasteiger partial charge in [-0.2, -0.15) is 0 Å². The molecule has 0 bridgehead atoms. The highest BCUT2D eigenvalue weighted by molar-refractivity contribution is 5.14. The predicted molar refractivity (Wildman–Crippen MR) is 73.0 cm³/mol. The molecule has 1 heterocycles. The number of likely N-dealkylation sites (tertiary alicyclic amines) is 1. The molecule has 2 nitrogen and oxygen atoms in total. The highest BCUT2D eigenvalue weighted by atomic mass is 15.1. The smallest absolute Gasteiger partial charge is 0.0233 e. The number of rotatable bonds is 6. The zero-order valence-corrected chi connectivity index (χ0v) is 10.9. The molecule has 0 saturated carbocycles. The van der Waals surface area contributed by atoms with Crippen LogP contribution in [0.4, 0.5) is 0 Å². The Bertz CT molecular complexity index is 310. The summed E-state index contributed by atoms with van der Waals surface area (Å²) in [5, 5.41) is 3.42. The third-order valence-corrected chi connectivity index (χ3v) is 3.60. The number of benzene rings is 1. The van der Waals surface area contributed by atoms with Gasteiger partial charge in [0.2, 0.25) is 0 Å². The summed E-state index contributed by atoms with van der Waals surface area (Å²) in [5.41, 5.74) is 1.44. The molecule has 94 valence electrons. The second-order valence-electron chi connectivity index (χ2n) is 5.02. The molecule has 1 N–H and O–H groups in total. The maximum atomic E-state index is 3.42. The maximum Gasteiger partial charge on any atom is 0.0233 e. The topological polar surface area (TPSA) is 15.3 Å². The van der Waals surface area contributed by atoms with E-state index in [1.54, 1.807) is 0 Å². The maximum absolute atomic E-state index is 3.42. The molecule has 1 aromatic carbocycles. The zero-order valence-electron chi connectivity index (χ0n) is 10.9. The van der Waals surface area contributed by atoms with E-state index in [4.69, 9.17) is 0 Å². The van der Waals surface area contributed by atoms with Gasteiger partial charge in [-0.25, -0.2) is 0 Å². The molecule has 1 aliphatic rings. The van der Waals surface area contributed by atoms with Crippen LogP contribution in [-0.2, 0) is 6.54 Å². The van der Waals surface area contributed by atoms with Crippen LogP contribution < -0.4 is 5.32 Å². The molecule has 2 heteroatoms. The molecule has 1 fully saturated rings. The molecule has 1 aliphatic heterocycles. The summed E-state index contributed by atoms with van der Waals surface area (Å²) in [6, 6.07) is 10.8. The summed E-state index contributed by atoms with van der Waals surface area (Å²) in [4.78, 5) is 2.59. The van der Waals surface area contributed by atoms with E-state index >= 15 is 0 Å². The molecular formula is C15H24N2. The SMILES string of the molecule is CCNCCC1CCN(Cc2ccccc2)C1. The summed E-state index contributed by atoms with van der Waals surface area (Å²) < 4.78 is 0. The van der Waals surface area contributed by atoms with E-state index in [-0.39, 0.29) is 0 Å². The number of nitrogens with zero attached hydrogens (tertiary/aromatic N) is 1. The van der Waals surface area contributed by atoms with Crippen LogP contribution in [0.2, 0.25) is 0 Å².